The van der Waals surface area contributed by atoms with Crippen LogP contribution in [0.4, 0.5) is 0 Å². The van der Waals surface area contributed by atoms with Gasteiger partial charge in [0.1, 0.15) is 5.69 Å². The van der Waals surface area contributed by atoms with Crippen LogP contribution in [-0.2, 0) is 0 Å². The van der Waals surface area contributed by atoms with Crippen LogP contribution in [0.2, 0.25) is 0 Å². The molecule has 7 heteroatoms. The Morgan fingerprint density at radius 2 is 2.12 bits per heavy atom. The van der Waals surface area contributed by atoms with E-state index >= 15 is 0 Å². The molecule has 1 aliphatic carbocycles. The van der Waals surface area contributed by atoms with E-state index in [0.717, 1.165) is 25.7 Å². The molecule has 3 N–H and O–H groups in total. The zero-order valence-electron chi connectivity index (χ0n) is 13.5. The predicted octanol–water partition coefficient (Wildman–Crippen LogP) is 1.85. The smallest absolute Gasteiger partial charge is 0.294 e. The van der Waals surface area contributed by atoms with Gasteiger partial charge in [-0.1, -0.05) is 25.8 Å². The molecule has 1 amide bonds. The van der Waals surface area contributed by atoms with E-state index in [2.05, 4.69) is 27.2 Å². The third-order valence-electron chi connectivity index (χ3n) is 4.45. The number of H-pyrrole nitrogens is 1. The van der Waals surface area contributed by atoms with Crippen LogP contribution in [-0.4, -0.2) is 32.0 Å². The second-order valence-corrected chi connectivity index (χ2v) is 6.17. The molecule has 2 aromatic rings. The summed E-state index contributed by atoms with van der Waals surface area (Å²) in [7, 11) is 0. The molecule has 24 heavy (non-hydrogen) atoms. The first-order chi connectivity index (χ1) is 11.6. The highest BCUT2D eigenvalue weighted by Crippen LogP contribution is 2.24. The highest BCUT2D eigenvalue weighted by Gasteiger charge is 2.26. The number of hydrogen-bond donors (Lipinski definition) is 3. The molecule has 0 spiro atoms. The van der Waals surface area contributed by atoms with Crippen molar-refractivity contribution < 1.29 is 9.90 Å². The van der Waals surface area contributed by atoms with Crippen molar-refractivity contribution in [3.8, 4) is 17.3 Å². The van der Waals surface area contributed by atoms with Crippen molar-refractivity contribution in [3.63, 3.8) is 0 Å². The number of aromatic amines is 1. The number of aromatic nitrogens is 3. The highest BCUT2D eigenvalue weighted by atomic mass is 16.3. The van der Waals surface area contributed by atoms with Gasteiger partial charge in [-0.3, -0.25) is 14.6 Å². The van der Waals surface area contributed by atoms with Gasteiger partial charge in [0, 0.05) is 12.2 Å². The summed E-state index contributed by atoms with van der Waals surface area (Å²) < 4.78 is 0. The average Bonchev–Trinajstić information content (AvgIpc) is 2.60. The fourth-order valence-corrected chi connectivity index (χ4v) is 3.02. The van der Waals surface area contributed by atoms with E-state index < -0.39 is 17.2 Å². The van der Waals surface area contributed by atoms with Crippen LogP contribution < -0.4 is 10.9 Å². The fourth-order valence-electron chi connectivity index (χ4n) is 3.02. The summed E-state index contributed by atoms with van der Waals surface area (Å²) in [6, 6.07) is 5.18. The second kappa shape index (κ2) is 6.82. The van der Waals surface area contributed by atoms with Gasteiger partial charge in [-0.25, -0.2) is 4.98 Å². The second-order valence-electron chi connectivity index (χ2n) is 6.17. The molecule has 0 aliphatic heterocycles. The molecular formula is C17H20N4O3. The van der Waals surface area contributed by atoms with Crippen LogP contribution in [0, 0.1) is 5.92 Å². The monoisotopic (exact) mass is 328 g/mol. The molecule has 0 radical (unpaired) electrons. The summed E-state index contributed by atoms with van der Waals surface area (Å²) >= 11 is 0. The van der Waals surface area contributed by atoms with Crippen molar-refractivity contribution >= 4 is 5.91 Å². The number of carbonyl (C=O) groups is 1. The van der Waals surface area contributed by atoms with Crippen molar-refractivity contribution in [1.82, 2.24) is 20.3 Å². The van der Waals surface area contributed by atoms with Crippen molar-refractivity contribution in [2.45, 2.75) is 38.6 Å². The first kappa shape index (κ1) is 16.2. The largest absolute Gasteiger partial charge is 0.501 e. The molecular weight excluding hydrogens is 308 g/mol. The lowest BCUT2D eigenvalue weighted by atomic mass is 9.86. The average molecular weight is 328 g/mol. The maximum atomic E-state index is 12.5. The lowest BCUT2D eigenvalue weighted by molar-refractivity contribution is 0.0901. The van der Waals surface area contributed by atoms with Gasteiger partial charge in [-0.15, -0.1) is 0 Å². The zero-order valence-corrected chi connectivity index (χ0v) is 13.5. The number of rotatable bonds is 3. The van der Waals surface area contributed by atoms with Crippen molar-refractivity contribution in [2.24, 2.45) is 5.92 Å². The Bertz CT molecular complexity index is 788. The number of carbonyl (C=O) groups excluding carboxylic acids is 1. The third-order valence-corrected chi connectivity index (χ3v) is 4.45. The predicted molar refractivity (Wildman–Crippen MR) is 88.6 cm³/mol. The van der Waals surface area contributed by atoms with E-state index in [4.69, 9.17) is 0 Å². The van der Waals surface area contributed by atoms with Crippen LogP contribution >= 0.6 is 0 Å². The van der Waals surface area contributed by atoms with E-state index in [-0.39, 0.29) is 17.6 Å². The van der Waals surface area contributed by atoms with Crippen molar-refractivity contribution in [1.29, 1.82) is 0 Å². The summed E-state index contributed by atoms with van der Waals surface area (Å²) in [6.45, 7) is 2.09. The Kier molecular flexibility index (Phi) is 4.59. The van der Waals surface area contributed by atoms with E-state index in [9.17, 15) is 14.7 Å². The van der Waals surface area contributed by atoms with Crippen LogP contribution in [0.5, 0.6) is 5.75 Å². The van der Waals surface area contributed by atoms with Gasteiger partial charge in [0.25, 0.3) is 11.5 Å². The lowest BCUT2D eigenvalue weighted by Gasteiger charge is -2.29. The van der Waals surface area contributed by atoms with E-state index in [1.807, 2.05) is 0 Å². The normalized spacial score (nSPS) is 20.5. The molecule has 126 valence electrons. The van der Waals surface area contributed by atoms with Crippen LogP contribution in [0.15, 0.2) is 29.2 Å². The first-order valence-corrected chi connectivity index (χ1v) is 8.12. The van der Waals surface area contributed by atoms with Gasteiger partial charge in [0.15, 0.2) is 11.5 Å². The van der Waals surface area contributed by atoms with Gasteiger partial charge < -0.3 is 15.4 Å². The molecule has 0 saturated heterocycles. The Morgan fingerprint density at radius 3 is 2.83 bits per heavy atom. The SMILES string of the molecule is CC1CCCCC1NC(=O)c1nc(-c2ccccn2)[nH]c(=O)c1O. The summed E-state index contributed by atoms with van der Waals surface area (Å²) in [4.78, 5) is 35.1. The number of nitrogens with zero attached hydrogens (tertiary/aromatic N) is 2. The molecule has 7 nitrogen and oxygen atoms in total. The quantitative estimate of drug-likeness (QED) is 0.797. The van der Waals surface area contributed by atoms with Gasteiger partial charge in [-0.2, -0.15) is 0 Å². The Labute approximate surface area is 139 Å². The standard InChI is InChI=1S/C17H20N4O3/c1-10-6-2-3-7-11(10)19-16(23)13-14(22)17(24)21-15(20-13)12-8-4-5-9-18-12/h4-5,8-11,22H,2-3,6-7H2,1H3,(H,19,23)(H,20,21,24). The maximum absolute atomic E-state index is 12.5. The minimum Gasteiger partial charge on any atom is -0.501 e. The molecule has 2 atom stereocenters. The van der Waals surface area contributed by atoms with Gasteiger partial charge in [-0.05, 0) is 30.9 Å². The first-order valence-electron chi connectivity index (χ1n) is 8.12. The molecule has 1 aliphatic rings. The summed E-state index contributed by atoms with van der Waals surface area (Å²) in [5, 5.41) is 12.8. The Morgan fingerprint density at radius 1 is 1.33 bits per heavy atom. The highest BCUT2D eigenvalue weighted by molar-refractivity contribution is 5.95. The number of hydrogen-bond acceptors (Lipinski definition) is 5. The minimum absolute atomic E-state index is 0.0324. The van der Waals surface area contributed by atoms with Crippen LogP contribution in [0.3, 0.4) is 0 Å². The zero-order chi connectivity index (χ0) is 17.1. The fraction of sp³-hybridized carbons (Fsp3) is 0.412. The van der Waals surface area contributed by atoms with Crippen molar-refractivity contribution in [3.05, 3.63) is 40.4 Å². The molecule has 2 unspecified atom stereocenters. The van der Waals surface area contributed by atoms with Crippen LogP contribution in [0.25, 0.3) is 11.5 Å². The molecule has 0 aromatic carbocycles. The van der Waals surface area contributed by atoms with E-state index in [1.54, 1.807) is 24.4 Å². The third kappa shape index (κ3) is 3.29. The van der Waals surface area contributed by atoms with E-state index in [0.29, 0.717) is 11.6 Å². The number of aromatic hydroxyl groups is 1. The lowest BCUT2D eigenvalue weighted by Crippen LogP contribution is -2.41. The molecule has 1 saturated carbocycles. The van der Waals surface area contributed by atoms with Crippen molar-refractivity contribution in [2.75, 3.05) is 0 Å². The van der Waals surface area contributed by atoms with Gasteiger partial charge >= 0.3 is 0 Å². The molecule has 2 aromatic heterocycles. The Hall–Kier alpha value is -2.70. The molecule has 0 bridgehead atoms. The molecule has 2 heterocycles. The number of pyridine rings is 1. The summed E-state index contributed by atoms with van der Waals surface area (Å²) in [5.41, 5.74) is -0.598. The Balaban J connectivity index is 1.90. The minimum atomic E-state index is -0.757. The molecule has 3 rings (SSSR count). The summed E-state index contributed by atoms with van der Waals surface area (Å²) in [6.07, 6.45) is 5.73. The molecule has 1 fully saturated rings. The number of nitrogens with one attached hydrogen (secondary N) is 2. The summed E-state index contributed by atoms with van der Waals surface area (Å²) in [5.74, 6) is -0.687. The number of amides is 1. The maximum Gasteiger partial charge on any atom is 0.294 e. The van der Waals surface area contributed by atoms with Gasteiger partial charge in [0.05, 0.1) is 0 Å². The van der Waals surface area contributed by atoms with Gasteiger partial charge in [0.2, 0.25) is 5.75 Å². The topological polar surface area (TPSA) is 108 Å². The van der Waals surface area contributed by atoms with E-state index in [1.165, 1.54) is 0 Å². The van der Waals surface area contributed by atoms with Crippen LogP contribution in [0.1, 0.15) is 43.1 Å².